The van der Waals surface area contributed by atoms with E-state index in [-0.39, 0.29) is 30.2 Å². The van der Waals surface area contributed by atoms with Crippen LogP contribution in [-0.2, 0) is 9.59 Å². The van der Waals surface area contributed by atoms with Crippen molar-refractivity contribution in [1.29, 1.82) is 0 Å². The molecule has 0 radical (unpaired) electrons. The van der Waals surface area contributed by atoms with Crippen molar-refractivity contribution in [3.8, 4) is 11.5 Å². The van der Waals surface area contributed by atoms with Crippen LogP contribution in [0.15, 0.2) is 42.5 Å². The van der Waals surface area contributed by atoms with Crippen LogP contribution in [0.1, 0.15) is 36.7 Å². The number of nitrogens with zero attached hydrogens (tertiary/aromatic N) is 1. The molecule has 2 N–H and O–H groups in total. The summed E-state index contributed by atoms with van der Waals surface area (Å²) in [6, 6.07) is 11.6. The van der Waals surface area contributed by atoms with Crippen molar-refractivity contribution in [3.63, 3.8) is 0 Å². The first-order valence-electron chi connectivity index (χ1n) is 11.1. The summed E-state index contributed by atoms with van der Waals surface area (Å²) in [5, 5.41) is 5.64. The highest BCUT2D eigenvalue weighted by molar-refractivity contribution is 5.99. The number of anilines is 1. The van der Waals surface area contributed by atoms with Gasteiger partial charge in [-0.05, 0) is 44.0 Å². The summed E-state index contributed by atoms with van der Waals surface area (Å²) in [6.07, 6.45) is 0. The molecule has 1 unspecified atom stereocenters. The molecule has 33 heavy (non-hydrogen) atoms. The maximum Gasteiger partial charge on any atom is 0.251 e. The van der Waals surface area contributed by atoms with Gasteiger partial charge >= 0.3 is 0 Å². The second-order valence-corrected chi connectivity index (χ2v) is 8.32. The van der Waals surface area contributed by atoms with E-state index in [0.717, 1.165) is 5.56 Å². The minimum Gasteiger partial charge on any atom is -0.486 e. The lowest BCUT2D eigenvalue weighted by Gasteiger charge is -2.28. The molecule has 0 saturated heterocycles. The lowest BCUT2D eigenvalue weighted by atomic mass is 10.0. The molecule has 1 aliphatic heterocycles. The van der Waals surface area contributed by atoms with Crippen molar-refractivity contribution in [2.24, 2.45) is 5.92 Å². The van der Waals surface area contributed by atoms with E-state index in [4.69, 9.17) is 9.47 Å². The van der Waals surface area contributed by atoms with Crippen LogP contribution in [0.2, 0.25) is 0 Å². The van der Waals surface area contributed by atoms with Gasteiger partial charge in [-0.1, -0.05) is 31.5 Å². The summed E-state index contributed by atoms with van der Waals surface area (Å²) in [6.45, 7) is 8.57. The molecule has 0 aliphatic carbocycles. The Bertz CT molecular complexity index is 1020. The maximum atomic E-state index is 13.2. The Morgan fingerprint density at radius 2 is 1.76 bits per heavy atom. The van der Waals surface area contributed by atoms with Gasteiger partial charge in [-0.15, -0.1) is 0 Å². The van der Waals surface area contributed by atoms with Crippen molar-refractivity contribution >= 4 is 23.4 Å². The highest BCUT2D eigenvalue weighted by atomic mass is 16.6. The van der Waals surface area contributed by atoms with Gasteiger partial charge in [0.25, 0.3) is 5.91 Å². The number of nitrogens with one attached hydrogen (secondary N) is 2. The van der Waals surface area contributed by atoms with Crippen molar-refractivity contribution in [1.82, 2.24) is 10.2 Å². The van der Waals surface area contributed by atoms with E-state index in [1.807, 2.05) is 26.8 Å². The number of amides is 3. The summed E-state index contributed by atoms with van der Waals surface area (Å²) in [4.78, 5) is 40.1. The molecule has 8 nitrogen and oxygen atoms in total. The molecule has 2 aromatic carbocycles. The molecular weight excluding hydrogens is 422 g/mol. The van der Waals surface area contributed by atoms with Gasteiger partial charge in [-0.3, -0.25) is 14.4 Å². The van der Waals surface area contributed by atoms with Gasteiger partial charge in [-0.25, -0.2) is 0 Å². The van der Waals surface area contributed by atoms with E-state index in [2.05, 4.69) is 10.6 Å². The lowest BCUT2D eigenvalue weighted by molar-refractivity contribution is -0.137. The predicted octanol–water partition coefficient (Wildman–Crippen LogP) is 3.01. The fourth-order valence-electron chi connectivity index (χ4n) is 3.56. The van der Waals surface area contributed by atoms with E-state index in [0.29, 0.717) is 42.5 Å². The number of ether oxygens (including phenoxy) is 2. The Morgan fingerprint density at radius 1 is 1.03 bits per heavy atom. The van der Waals surface area contributed by atoms with Gasteiger partial charge in [0.1, 0.15) is 19.3 Å². The third-order valence-corrected chi connectivity index (χ3v) is 5.35. The van der Waals surface area contributed by atoms with Crippen LogP contribution in [0.5, 0.6) is 11.5 Å². The lowest BCUT2D eigenvalue weighted by Crippen LogP contribution is -2.52. The van der Waals surface area contributed by atoms with E-state index in [9.17, 15) is 14.4 Å². The Kier molecular flexibility index (Phi) is 7.92. The van der Waals surface area contributed by atoms with Crippen LogP contribution in [-0.4, -0.2) is 55.0 Å². The third kappa shape index (κ3) is 6.25. The van der Waals surface area contributed by atoms with Crippen molar-refractivity contribution in [2.75, 3.05) is 31.6 Å². The summed E-state index contributed by atoms with van der Waals surface area (Å²) >= 11 is 0. The molecule has 0 saturated carbocycles. The van der Waals surface area contributed by atoms with Crippen molar-refractivity contribution in [2.45, 2.75) is 33.7 Å². The van der Waals surface area contributed by atoms with Crippen LogP contribution in [0.4, 0.5) is 5.69 Å². The summed E-state index contributed by atoms with van der Waals surface area (Å²) < 4.78 is 11.0. The standard InChI is InChI=1S/C25H31N3O5/c1-5-28(15-22(29)26-19-9-10-20-21(14-19)33-12-11-32-20)25(31)23(16(2)3)27-24(30)18-8-6-7-17(4)13-18/h6-10,13-14,16,23H,5,11-12,15H2,1-4H3,(H,26,29)(H,27,30). The molecule has 1 aliphatic rings. The number of benzene rings is 2. The topological polar surface area (TPSA) is 97.0 Å². The molecule has 8 heteroatoms. The van der Waals surface area contributed by atoms with Gasteiger partial charge < -0.3 is 25.0 Å². The molecule has 3 amide bonds. The van der Waals surface area contributed by atoms with Crippen LogP contribution >= 0.6 is 0 Å². The number of carbonyl (C=O) groups is 3. The molecule has 176 valence electrons. The molecule has 0 bridgehead atoms. The molecule has 2 aromatic rings. The first kappa shape index (κ1) is 24.1. The summed E-state index contributed by atoms with van der Waals surface area (Å²) in [5.41, 5.74) is 2.01. The first-order chi connectivity index (χ1) is 15.8. The summed E-state index contributed by atoms with van der Waals surface area (Å²) in [7, 11) is 0. The monoisotopic (exact) mass is 453 g/mol. The number of fused-ring (bicyclic) bond motifs is 1. The predicted molar refractivity (Wildman–Crippen MR) is 126 cm³/mol. The van der Waals surface area contributed by atoms with E-state index >= 15 is 0 Å². The molecule has 0 aromatic heterocycles. The zero-order chi connectivity index (χ0) is 24.0. The molecule has 1 heterocycles. The molecule has 1 atom stereocenters. The number of aryl methyl sites for hydroxylation is 1. The van der Waals surface area contributed by atoms with E-state index in [1.165, 1.54) is 4.90 Å². The highest BCUT2D eigenvalue weighted by Crippen LogP contribution is 2.32. The normalized spacial score (nSPS) is 13.2. The highest BCUT2D eigenvalue weighted by Gasteiger charge is 2.29. The first-order valence-corrected chi connectivity index (χ1v) is 11.1. The smallest absolute Gasteiger partial charge is 0.251 e. The fraction of sp³-hybridized carbons (Fsp3) is 0.400. The average molecular weight is 454 g/mol. The second-order valence-electron chi connectivity index (χ2n) is 8.32. The van der Waals surface area contributed by atoms with E-state index in [1.54, 1.807) is 43.3 Å². The number of likely N-dealkylation sites (N-methyl/N-ethyl adjacent to an activating group) is 1. The Balaban J connectivity index is 1.65. The maximum absolute atomic E-state index is 13.2. The van der Waals surface area contributed by atoms with Gasteiger partial charge in [0.05, 0.1) is 6.54 Å². The number of carbonyl (C=O) groups excluding carboxylic acids is 3. The molecule has 0 fully saturated rings. The average Bonchev–Trinajstić information content (AvgIpc) is 2.80. The largest absolute Gasteiger partial charge is 0.486 e. The number of rotatable bonds is 8. The molecular formula is C25H31N3O5. The molecule has 0 spiro atoms. The fourth-order valence-corrected chi connectivity index (χ4v) is 3.56. The minimum atomic E-state index is -0.750. The van der Waals surface area contributed by atoms with Gasteiger partial charge in [0, 0.05) is 23.9 Å². The number of hydrogen-bond acceptors (Lipinski definition) is 5. The van der Waals surface area contributed by atoms with Crippen molar-refractivity contribution < 1.29 is 23.9 Å². The Hall–Kier alpha value is -3.55. The molecule has 3 rings (SSSR count). The second kappa shape index (κ2) is 10.8. The zero-order valence-electron chi connectivity index (χ0n) is 19.5. The minimum absolute atomic E-state index is 0.132. The quantitative estimate of drug-likeness (QED) is 0.641. The summed E-state index contributed by atoms with van der Waals surface area (Å²) in [5.74, 6) is 0.0962. The SMILES string of the molecule is CCN(CC(=O)Nc1ccc2c(c1)OCCO2)C(=O)C(NC(=O)c1cccc(C)c1)C(C)C. The Morgan fingerprint density at radius 3 is 2.42 bits per heavy atom. The van der Waals surface area contributed by atoms with Crippen LogP contribution in [0.3, 0.4) is 0 Å². The van der Waals surface area contributed by atoms with Crippen LogP contribution < -0.4 is 20.1 Å². The van der Waals surface area contributed by atoms with Gasteiger partial charge in [0.2, 0.25) is 11.8 Å². The zero-order valence-corrected chi connectivity index (χ0v) is 19.5. The van der Waals surface area contributed by atoms with Crippen LogP contribution in [0.25, 0.3) is 0 Å². The third-order valence-electron chi connectivity index (χ3n) is 5.35. The van der Waals surface area contributed by atoms with E-state index < -0.39 is 6.04 Å². The number of hydrogen-bond donors (Lipinski definition) is 2. The van der Waals surface area contributed by atoms with Crippen molar-refractivity contribution in [3.05, 3.63) is 53.6 Å². The van der Waals surface area contributed by atoms with Gasteiger partial charge in [-0.2, -0.15) is 0 Å². The van der Waals surface area contributed by atoms with Crippen LogP contribution in [0, 0.1) is 12.8 Å². The Labute approximate surface area is 194 Å². The van der Waals surface area contributed by atoms with Gasteiger partial charge in [0.15, 0.2) is 11.5 Å².